The zero-order chi connectivity index (χ0) is 25.1. The number of ether oxygens (including phenoxy) is 2. The molecule has 0 saturated carbocycles. The van der Waals surface area contributed by atoms with Gasteiger partial charge < -0.3 is 9.47 Å². The van der Waals surface area contributed by atoms with E-state index in [1.165, 1.54) is 4.90 Å². The third-order valence-electron chi connectivity index (χ3n) is 6.57. The molecule has 4 nitrogen and oxygen atoms in total. The molecule has 0 aliphatic carbocycles. The van der Waals surface area contributed by atoms with E-state index >= 15 is 4.39 Å². The minimum Gasteiger partial charge on any atom is -0.497 e. The maximum absolute atomic E-state index is 17.5. The maximum atomic E-state index is 17.5. The normalized spacial score (nSPS) is 17.8. The first-order valence-electron chi connectivity index (χ1n) is 11.7. The Hall–Kier alpha value is -4.38. The first-order chi connectivity index (χ1) is 17.6. The highest BCUT2D eigenvalue weighted by atomic mass is 19.1. The summed E-state index contributed by atoms with van der Waals surface area (Å²) in [5.41, 5.74) is 0.746. The molecule has 0 bridgehead atoms. The maximum Gasteiger partial charge on any atom is 0.274 e. The predicted molar refractivity (Wildman–Crippen MR) is 141 cm³/mol. The van der Waals surface area contributed by atoms with Gasteiger partial charge in [-0.1, -0.05) is 72.8 Å². The fourth-order valence-electron chi connectivity index (χ4n) is 4.70. The van der Waals surface area contributed by atoms with E-state index in [9.17, 15) is 4.79 Å². The number of amides is 1. The zero-order valence-corrected chi connectivity index (χ0v) is 20.1. The Balaban J connectivity index is 1.65. The van der Waals surface area contributed by atoms with Crippen molar-refractivity contribution in [3.8, 4) is 11.5 Å². The number of rotatable bonds is 7. The van der Waals surface area contributed by atoms with Crippen molar-refractivity contribution in [2.24, 2.45) is 0 Å². The van der Waals surface area contributed by atoms with Crippen LogP contribution in [0.25, 0.3) is 6.08 Å². The highest BCUT2D eigenvalue weighted by molar-refractivity contribution is 6.12. The lowest BCUT2D eigenvalue weighted by molar-refractivity contribution is -0.129. The van der Waals surface area contributed by atoms with Crippen molar-refractivity contribution in [1.29, 1.82) is 0 Å². The average molecular weight is 480 g/mol. The number of fused-ring (bicyclic) bond motifs is 1. The molecule has 5 heteroatoms. The number of anilines is 2. The predicted octanol–water partition coefficient (Wildman–Crippen LogP) is 7.04. The summed E-state index contributed by atoms with van der Waals surface area (Å²) in [6, 6.07) is 30.9. The van der Waals surface area contributed by atoms with Gasteiger partial charge >= 0.3 is 0 Å². The molecular formula is C31H26FNO3. The van der Waals surface area contributed by atoms with Gasteiger partial charge in [0.1, 0.15) is 11.5 Å². The summed E-state index contributed by atoms with van der Waals surface area (Å²) in [7, 11) is 3.19. The monoisotopic (exact) mass is 479 g/mol. The number of carbonyl (C=O) groups is 1. The van der Waals surface area contributed by atoms with Crippen molar-refractivity contribution in [3.05, 3.63) is 126 Å². The van der Waals surface area contributed by atoms with E-state index < -0.39 is 17.5 Å². The molecule has 1 aliphatic rings. The number of methoxy groups -OCH3 is 2. The lowest BCUT2D eigenvalue weighted by Gasteiger charge is -2.28. The van der Waals surface area contributed by atoms with Gasteiger partial charge in [0.25, 0.3) is 5.91 Å². The molecule has 36 heavy (non-hydrogen) atoms. The van der Waals surface area contributed by atoms with E-state index in [-0.39, 0.29) is 0 Å². The second-order valence-electron chi connectivity index (χ2n) is 8.59. The summed E-state index contributed by atoms with van der Waals surface area (Å²) in [5, 5.41) is 0. The van der Waals surface area contributed by atoms with Crippen LogP contribution in [0.5, 0.6) is 11.5 Å². The van der Waals surface area contributed by atoms with Crippen molar-refractivity contribution in [2.45, 2.75) is 11.6 Å². The van der Waals surface area contributed by atoms with Crippen molar-refractivity contribution in [3.63, 3.8) is 0 Å². The van der Waals surface area contributed by atoms with Gasteiger partial charge in [-0.3, -0.25) is 9.69 Å². The van der Waals surface area contributed by atoms with Crippen LogP contribution in [0.1, 0.15) is 22.6 Å². The molecule has 1 heterocycles. The first-order valence-corrected chi connectivity index (χ1v) is 11.7. The lowest BCUT2D eigenvalue weighted by Crippen LogP contribution is -2.39. The van der Waals surface area contributed by atoms with Crippen LogP contribution in [-0.2, 0) is 10.5 Å². The van der Waals surface area contributed by atoms with E-state index in [2.05, 4.69) is 0 Å². The first kappa shape index (κ1) is 23.4. The Morgan fingerprint density at radius 1 is 0.778 bits per heavy atom. The van der Waals surface area contributed by atoms with Crippen LogP contribution in [-0.4, -0.2) is 20.1 Å². The van der Waals surface area contributed by atoms with Crippen LogP contribution < -0.4 is 14.4 Å². The summed E-state index contributed by atoms with van der Waals surface area (Å²) in [4.78, 5) is 15.5. The molecule has 4 aromatic carbocycles. The average Bonchev–Trinajstić information content (AvgIpc) is 3.17. The third-order valence-corrected chi connectivity index (χ3v) is 6.57. The van der Waals surface area contributed by atoms with Gasteiger partial charge in [-0.25, -0.2) is 4.39 Å². The largest absolute Gasteiger partial charge is 0.497 e. The Morgan fingerprint density at radius 2 is 1.36 bits per heavy atom. The van der Waals surface area contributed by atoms with Gasteiger partial charge in [-0.15, -0.1) is 0 Å². The molecule has 0 spiro atoms. The molecule has 4 aromatic rings. The molecule has 0 N–H and O–H groups in total. The third kappa shape index (κ3) is 4.03. The Kier molecular flexibility index (Phi) is 6.30. The smallest absolute Gasteiger partial charge is 0.274 e. The van der Waals surface area contributed by atoms with E-state index in [1.807, 2.05) is 78.9 Å². The summed E-state index contributed by atoms with van der Waals surface area (Å²) in [5.74, 6) is -0.101. The van der Waals surface area contributed by atoms with Crippen LogP contribution in [0.3, 0.4) is 0 Å². The van der Waals surface area contributed by atoms with Crippen molar-refractivity contribution in [2.75, 3.05) is 19.1 Å². The van der Waals surface area contributed by atoms with E-state index in [4.69, 9.17) is 9.47 Å². The number of nitrogens with zero attached hydrogens (tertiary/aromatic N) is 1. The number of carbonyl (C=O) groups excluding carboxylic acids is 1. The molecule has 0 saturated heterocycles. The summed E-state index contributed by atoms with van der Waals surface area (Å²) in [6.07, 6.45) is 3.61. The molecule has 5 rings (SSSR count). The van der Waals surface area contributed by atoms with E-state index in [0.29, 0.717) is 28.3 Å². The van der Waals surface area contributed by atoms with Crippen molar-refractivity contribution >= 4 is 23.4 Å². The number of hydrogen-bond donors (Lipinski definition) is 0. The van der Waals surface area contributed by atoms with Gasteiger partial charge in [0.2, 0.25) is 5.67 Å². The topological polar surface area (TPSA) is 38.8 Å². The van der Waals surface area contributed by atoms with Crippen LogP contribution in [0.4, 0.5) is 15.8 Å². The Labute approximate surface area is 210 Å². The highest BCUT2D eigenvalue weighted by Crippen LogP contribution is 2.53. The number of hydrogen-bond acceptors (Lipinski definition) is 3. The zero-order valence-electron chi connectivity index (χ0n) is 20.1. The van der Waals surface area contributed by atoms with Gasteiger partial charge in [-0.2, -0.15) is 0 Å². The molecule has 1 aliphatic heterocycles. The molecular weight excluding hydrogens is 453 g/mol. The lowest BCUT2D eigenvalue weighted by atomic mass is 9.79. The van der Waals surface area contributed by atoms with Crippen LogP contribution in [0.2, 0.25) is 0 Å². The molecule has 1 amide bonds. The van der Waals surface area contributed by atoms with Gasteiger partial charge in [0, 0.05) is 11.3 Å². The Morgan fingerprint density at radius 3 is 2.00 bits per heavy atom. The molecule has 0 fully saturated rings. The number of halogens is 1. The highest BCUT2D eigenvalue weighted by Gasteiger charge is 2.56. The van der Waals surface area contributed by atoms with Crippen LogP contribution in [0, 0.1) is 0 Å². The quantitative estimate of drug-likeness (QED) is 0.285. The van der Waals surface area contributed by atoms with E-state index in [0.717, 1.165) is 11.3 Å². The van der Waals surface area contributed by atoms with Crippen LogP contribution >= 0.6 is 0 Å². The van der Waals surface area contributed by atoms with E-state index in [1.54, 1.807) is 50.6 Å². The molecule has 2 atom stereocenters. The SMILES string of the molecule is COc1ccc(/C=C/C(c2ccc(OC)cc2)C2(F)C(=O)N(c3ccccc3)c3ccccc32)cc1. The summed E-state index contributed by atoms with van der Waals surface area (Å²) < 4.78 is 28.0. The minimum atomic E-state index is -2.32. The summed E-state index contributed by atoms with van der Waals surface area (Å²) in [6.45, 7) is 0. The summed E-state index contributed by atoms with van der Waals surface area (Å²) >= 11 is 0. The van der Waals surface area contributed by atoms with Crippen molar-refractivity contribution < 1.29 is 18.7 Å². The number of para-hydroxylation sites is 2. The second-order valence-corrected chi connectivity index (χ2v) is 8.59. The molecule has 180 valence electrons. The molecule has 2 unspecified atom stereocenters. The van der Waals surface area contributed by atoms with Crippen LogP contribution in [0.15, 0.2) is 109 Å². The minimum absolute atomic E-state index is 0.346. The fourth-order valence-corrected chi connectivity index (χ4v) is 4.70. The standard InChI is InChI=1S/C31H26FNO3/c1-35-25-17-12-22(13-18-25)14-21-27(23-15-19-26(36-2)20-16-23)31(32)28-10-6-7-11-29(28)33(30(31)34)24-8-4-3-5-9-24/h3-21,27H,1-2H3/b21-14+. The number of alkyl halides is 1. The van der Waals surface area contributed by atoms with Gasteiger partial charge in [0.05, 0.1) is 25.8 Å². The number of allylic oxidation sites excluding steroid dienone is 1. The van der Waals surface area contributed by atoms with Gasteiger partial charge in [-0.05, 0) is 53.6 Å². The van der Waals surface area contributed by atoms with Crippen molar-refractivity contribution in [1.82, 2.24) is 0 Å². The Bertz CT molecular complexity index is 1380. The van der Waals surface area contributed by atoms with Gasteiger partial charge in [0.15, 0.2) is 0 Å². The molecule has 0 radical (unpaired) electrons. The second kappa shape index (κ2) is 9.70. The number of benzene rings is 4. The fraction of sp³-hybridized carbons (Fsp3) is 0.129. The molecule has 0 aromatic heterocycles.